The van der Waals surface area contributed by atoms with Gasteiger partial charge in [0, 0.05) is 36.5 Å². The maximum atomic E-state index is 13.2. The number of sulfonamides is 1. The minimum atomic E-state index is -4.06. The number of nitrogens with one attached hydrogen (secondary N) is 3. The minimum absolute atomic E-state index is 0.0357. The quantitative estimate of drug-likeness (QED) is 0.253. The van der Waals surface area contributed by atoms with Gasteiger partial charge in [-0.1, -0.05) is 50.2 Å². The van der Waals surface area contributed by atoms with Crippen LogP contribution >= 0.6 is 0 Å². The van der Waals surface area contributed by atoms with Crippen molar-refractivity contribution in [2.24, 2.45) is 16.7 Å². The van der Waals surface area contributed by atoms with Gasteiger partial charge < -0.3 is 15.7 Å². The molecule has 2 saturated carbocycles. The summed E-state index contributed by atoms with van der Waals surface area (Å²) in [5.74, 6) is -1.55. The number of anilines is 1. The molecule has 226 valence electrons. The van der Waals surface area contributed by atoms with E-state index in [9.17, 15) is 27.9 Å². The molecule has 11 heteroatoms. The molecule has 2 aliphatic carbocycles. The Kier molecular flexibility index (Phi) is 8.40. The first kappa shape index (κ1) is 30.4. The number of hydrogen-bond donors (Lipinski definition) is 4. The first-order valence-electron chi connectivity index (χ1n) is 14.3. The monoisotopic (exact) mass is 604 g/mol. The van der Waals surface area contributed by atoms with E-state index in [2.05, 4.69) is 20.3 Å². The van der Waals surface area contributed by atoms with Gasteiger partial charge in [0.05, 0.1) is 5.75 Å². The first-order chi connectivity index (χ1) is 20.4. The number of hydrogen-bond acceptors (Lipinski definition) is 6. The van der Waals surface area contributed by atoms with Crippen LogP contribution in [0.3, 0.4) is 0 Å². The SMILES string of the molecule is CC1(C)[C@@H]2CC[C@@]1(CS(=O)(=O)NC(Cc1ccc(-c3cccc(NC(=O)NCc4ccncc4)c3)cc1)C(=O)O)C(=O)C2. The van der Waals surface area contributed by atoms with E-state index < -0.39 is 38.6 Å². The van der Waals surface area contributed by atoms with Crippen LogP contribution in [0.4, 0.5) is 10.5 Å². The molecule has 43 heavy (non-hydrogen) atoms. The van der Waals surface area contributed by atoms with Gasteiger partial charge in [-0.2, -0.15) is 0 Å². The van der Waals surface area contributed by atoms with Crippen LogP contribution in [0.2, 0.25) is 0 Å². The van der Waals surface area contributed by atoms with E-state index in [1.54, 1.807) is 30.6 Å². The normalized spacial score (nSPS) is 21.3. The number of ketones is 1. The molecule has 0 saturated heterocycles. The molecule has 2 fully saturated rings. The number of carboxylic acids is 1. The molecule has 2 bridgehead atoms. The summed E-state index contributed by atoms with van der Waals surface area (Å²) >= 11 is 0. The van der Waals surface area contributed by atoms with E-state index >= 15 is 0 Å². The van der Waals surface area contributed by atoms with E-state index in [0.29, 0.717) is 30.6 Å². The van der Waals surface area contributed by atoms with Gasteiger partial charge in [-0.15, -0.1) is 0 Å². The summed E-state index contributed by atoms with van der Waals surface area (Å²) in [5, 5.41) is 15.5. The zero-order chi connectivity index (χ0) is 30.8. The number of carbonyl (C=O) groups is 3. The van der Waals surface area contributed by atoms with Crippen molar-refractivity contribution in [2.45, 2.75) is 52.1 Å². The number of pyridine rings is 1. The van der Waals surface area contributed by atoms with Gasteiger partial charge in [-0.05, 0) is 77.1 Å². The van der Waals surface area contributed by atoms with Crippen LogP contribution in [-0.4, -0.2) is 48.1 Å². The fourth-order valence-electron chi connectivity index (χ4n) is 6.57. The fourth-order valence-corrected chi connectivity index (χ4v) is 8.60. The molecule has 10 nitrogen and oxygen atoms in total. The van der Waals surface area contributed by atoms with Crippen molar-refractivity contribution in [1.29, 1.82) is 0 Å². The summed E-state index contributed by atoms with van der Waals surface area (Å²) in [6, 6.07) is 16.4. The van der Waals surface area contributed by atoms with Gasteiger partial charge >= 0.3 is 12.0 Å². The largest absolute Gasteiger partial charge is 0.480 e. The van der Waals surface area contributed by atoms with E-state index in [1.165, 1.54) is 0 Å². The first-order valence-corrected chi connectivity index (χ1v) is 15.9. The third-order valence-corrected chi connectivity index (χ3v) is 10.8. The highest BCUT2D eigenvalue weighted by Crippen LogP contribution is 2.64. The van der Waals surface area contributed by atoms with Crippen molar-refractivity contribution >= 4 is 33.5 Å². The van der Waals surface area contributed by atoms with E-state index in [4.69, 9.17) is 0 Å². The number of carboxylic acid groups (broad SMARTS) is 1. The molecule has 0 aliphatic heterocycles. The molecule has 0 spiro atoms. The smallest absolute Gasteiger partial charge is 0.322 e. The lowest BCUT2D eigenvalue weighted by molar-refractivity contribution is -0.138. The number of fused-ring (bicyclic) bond motifs is 2. The summed E-state index contributed by atoms with van der Waals surface area (Å²) in [4.78, 5) is 41.2. The third kappa shape index (κ3) is 6.47. The molecule has 1 aromatic heterocycles. The zero-order valence-electron chi connectivity index (χ0n) is 24.2. The molecular weight excluding hydrogens is 568 g/mol. The highest BCUT2D eigenvalue weighted by atomic mass is 32.2. The average Bonchev–Trinajstić information content (AvgIpc) is 3.31. The molecule has 2 aliphatic rings. The molecule has 1 unspecified atom stereocenters. The summed E-state index contributed by atoms with van der Waals surface area (Å²) < 4.78 is 28.8. The fraction of sp³-hybridized carbons (Fsp3) is 0.375. The van der Waals surface area contributed by atoms with Crippen molar-refractivity contribution in [3.63, 3.8) is 0 Å². The number of carbonyl (C=O) groups excluding carboxylic acids is 2. The van der Waals surface area contributed by atoms with Crippen LogP contribution in [0.5, 0.6) is 0 Å². The number of aliphatic carboxylic acids is 1. The van der Waals surface area contributed by atoms with Crippen molar-refractivity contribution in [3.05, 3.63) is 84.2 Å². The van der Waals surface area contributed by atoms with E-state index in [-0.39, 0.29) is 24.2 Å². The lowest BCUT2D eigenvalue weighted by Gasteiger charge is -2.36. The number of nitrogens with zero attached hydrogens (tertiary/aromatic N) is 1. The molecule has 1 heterocycles. The molecule has 3 aromatic rings. The van der Waals surface area contributed by atoms with Crippen molar-refractivity contribution in [1.82, 2.24) is 15.0 Å². The number of rotatable bonds is 11. The van der Waals surface area contributed by atoms with Gasteiger partial charge in [-0.3, -0.25) is 14.6 Å². The topological polar surface area (TPSA) is 155 Å². The third-order valence-electron chi connectivity index (χ3n) is 9.25. The Balaban J connectivity index is 1.21. The number of urea groups is 1. The Labute approximate surface area is 251 Å². The van der Waals surface area contributed by atoms with Gasteiger partial charge in [0.1, 0.15) is 11.8 Å². The maximum absolute atomic E-state index is 13.2. The van der Waals surface area contributed by atoms with Crippen LogP contribution in [0.25, 0.3) is 11.1 Å². The number of Topliss-reactive ketones (excluding diaryl/α,β-unsaturated/α-hetero) is 1. The van der Waals surface area contributed by atoms with Crippen molar-refractivity contribution in [3.8, 4) is 11.1 Å². The Bertz CT molecular complexity index is 1630. The van der Waals surface area contributed by atoms with Crippen LogP contribution in [0, 0.1) is 16.7 Å². The molecule has 5 rings (SSSR count). The highest BCUT2D eigenvalue weighted by Gasteiger charge is 2.65. The highest BCUT2D eigenvalue weighted by molar-refractivity contribution is 7.89. The lowest BCUT2D eigenvalue weighted by atomic mass is 9.70. The second-order valence-electron chi connectivity index (χ2n) is 12.1. The van der Waals surface area contributed by atoms with Crippen LogP contribution < -0.4 is 15.4 Å². The van der Waals surface area contributed by atoms with Gasteiger partial charge in [-0.25, -0.2) is 17.9 Å². The second kappa shape index (κ2) is 11.9. The summed E-state index contributed by atoms with van der Waals surface area (Å²) in [6.07, 6.45) is 4.97. The van der Waals surface area contributed by atoms with Gasteiger partial charge in [0.2, 0.25) is 10.0 Å². The Morgan fingerprint density at radius 1 is 1.02 bits per heavy atom. The molecule has 2 amide bonds. The molecule has 4 N–H and O–H groups in total. The van der Waals surface area contributed by atoms with Crippen LogP contribution in [0.1, 0.15) is 44.2 Å². The summed E-state index contributed by atoms with van der Waals surface area (Å²) in [7, 11) is -4.06. The standard InChI is InChI=1S/C32H36N4O6S/c1-31(2)25-10-13-32(31,28(37)18-25)20-43(41,42)36-27(29(38)39)16-21-6-8-23(9-7-21)24-4-3-5-26(17-24)35-30(40)34-19-22-11-14-33-15-12-22/h3-9,11-12,14-15,17,25,27,36H,10,13,16,18-20H2,1-2H3,(H,38,39)(H2,34,35,40)/t25-,27?,32-/m1/s1. The Morgan fingerprint density at radius 2 is 1.74 bits per heavy atom. The van der Waals surface area contributed by atoms with Gasteiger partial charge in [0.25, 0.3) is 0 Å². The molecule has 0 radical (unpaired) electrons. The maximum Gasteiger partial charge on any atom is 0.322 e. The zero-order valence-corrected chi connectivity index (χ0v) is 25.0. The number of aromatic nitrogens is 1. The molecule has 3 atom stereocenters. The summed E-state index contributed by atoms with van der Waals surface area (Å²) in [5.41, 5.74) is 2.44. The Morgan fingerprint density at radius 3 is 2.37 bits per heavy atom. The molecular formula is C32H36N4O6S. The predicted octanol–water partition coefficient (Wildman–Crippen LogP) is 4.38. The van der Waals surface area contributed by atoms with Crippen LogP contribution in [0.15, 0.2) is 73.1 Å². The van der Waals surface area contributed by atoms with E-state index in [0.717, 1.165) is 23.1 Å². The average molecular weight is 605 g/mol. The predicted molar refractivity (Wildman–Crippen MR) is 163 cm³/mol. The van der Waals surface area contributed by atoms with Crippen molar-refractivity contribution in [2.75, 3.05) is 11.1 Å². The second-order valence-corrected chi connectivity index (χ2v) is 13.8. The van der Waals surface area contributed by atoms with E-state index in [1.807, 2.05) is 56.3 Å². The van der Waals surface area contributed by atoms with Crippen molar-refractivity contribution < 1.29 is 27.9 Å². The summed E-state index contributed by atoms with van der Waals surface area (Å²) in [6.45, 7) is 4.26. The Hall–Kier alpha value is -4.09. The minimum Gasteiger partial charge on any atom is -0.480 e. The number of amides is 2. The van der Waals surface area contributed by atoms with Crippen LogP contribution in [-0.2, 0) is 32.6 Å². The molecule has 2 aromatic carbocycles. The van der Waals surface area contributed by atoms with Gasteiger partial charge in [0.15, 0.2) is 0 Å². The lowest BCUT2D eigenvalue weighted by Crippen LogP contribution is -2.49. The number of benzene rings is 2.